The second-order valence-corrected chi connectivity index (χ2v) is 5.91. The molecule has 0 radical (unpaired) electrons. The van der Waals surface area contributed by atoms with Crippen LogP contribution in [0.4, 0.5) is 0 Å². The van der Waals surface area contributed by atoms with Gasteiger partial charge in [-0.05, 0) is 48.7 Å². The Morgan fingerprint density at radius 3 is 2.12 bits per heavy atom. The van der Waals surface area contributed by atoms with Crippen molar-refractivity contribution in [1.82, 2.24) is 0 Å². The second-order valence-electron chi connectivity index (χ2n) is 5.91. The molecule has 2 aromatic rings. The van der Waals surface area contributed by atoms with Crippen LogP contribution in [0.1, 0.15) is 30.6 Å². The van der Waals surface area contributed by atoms with E-state index in [4.69, 9.17) is 9.47 Å². The first-order chi connectivity index (χ1) is 12.1. The molecule has 0 heterocycles. The number of rotatable bonds is 9. The molecule has 2 atom stereocenters. The summed E-state index contributed by atoms with van der Waals surface area (Å²) < 4.78 is 11.4. The van der Waals surface area contributed by atoms with Crippen molar-refractivity contribution >= 4 is 6.08 Å². The summed E-state index contributed by atoms with van der Waals surface area (Å²) in [6, 6.07) is 14.2. The van der Waals surface area contributed by atoms with Gasteiger partial charge in [-0.25, -0.2) is 0 Å². The van der Waals surface area contributed by atoms with Gasteiger partial charge in [0.1, 0.15) is 11.5 Å². The Kier molecular flexibility index (Phi) is 7.51. The van der Waals surface area contributed by atoms with Gasteiger partial charge in [-0.15, -0.1) is 0 Å². The first-order valence-corrected chi connectivity index (χ1v) is 8.49. The Morgan fingerprint density at radius 2 is 1.56 bits per heavy atom. The maximum absolute atomic E-state index is 9.50. The standard InChI is InChI=1S/C21H26O4/c1-3-25-21(17-9-13-20(23)14-10-17)18(15-24-2)6-4-5-16-7-11-19(22)12-8-16/h4-5,7-14,18,21-23H,3,6,15H2,1-2H3/b5-4+. The fraction of sp³-hybridized carbons (Fsp3) is 0.333. The Morgan fingerprint density at radius 1 is 0.960 bits per heavy atom. The summed E-state index contributed by atoms with van der Waals surface area (Å²) in [5.74, 6) is 0.663. The summed E-state index contributed by atoms with van der Waals surface area (Å²) in [5.41, 5.74) is 2.06. The number of allylic oxidation sites excluding steroid dienone is 1. The van der Waals surface area contributed by atoms with Gasteiger partial charge < -0.3 is 19.7 Å². The van der Waals surface area contributed by atoms with Gasteiger partial charge in [0.2, 0.25) is 0 Å². The molecule has 4 nitrogen and oxygen atoms in total. The molecule has 0 amide bonds. The molecular weight excluding hydrogens is 316 g/mol. The quantitative estimate of drug-likeness (QED) is 0.702. The lowest BCUT2D eigenvalue weighted by atomic mass is 9.92. The number of hydrogen-bond donors (Lipinski definition) is 2. The fourth-order valence-electron chi connectivity index (χ4n) is 2.81. The lowest BCUT2D eigenvalue weighted by Crippen LogP contribution is -2.20. The van der Waals surface area contributed by atoms with Crippen LogP contribution < -0.4 is 0 Å². The van der Waals surface area contributed by atoms with Crippen LogP contribution in [0.15, 0.2) is 54.6 Å². The lowest BCUT2D eigenvalue weighted by Gasteiger charge is -2.26. The average Bonchev–Trinajstić information content (AvgIpc) is 2.62. The molecule has 2 N–H and O–H groups in total. The largest absolute Gasteiger partial charge is 0.508 e. The van der Waals surface area contributed by atoms with Crippen LogP contribution in [0.25, 0.3) is 6.08 Å². The van der Waals surface area contributed by atoms with Crippen molar-refractivity contribution in [2.24, 2.45) is 5.92 Å². The van der Waals surface area contributed by atoms with E-state index in [1.54, 1.807) is 31.4 Å². The van der Waals surface area contributed by atoms with Gasteiger partial charge in [0.05, 0.1) is 12.7 Å². The topological polar surface area (TPSA) is 58.9 Å². The Bertz CT molecular complexity index is 647. The normalized spacial score (nSPS) is 13.8. The number of phenolic OH excluding ortho intramolecular Hbond substituents is 2. The van der Waals surface area contributed by atoms with Crippen LogP contribution in [-0.4, -0.2) is 30.5 Å². The van der Waals surface area contributed by atoms with Crippen molar-refractivity contribution in [2.75, 3.05) is 20.3 Å². The minimum Gasteiger partial charge on any atom is -0.508 e. The number of benzene rings is 2. The van der Waals surface area contributed by atoms with E-state index in [0.29, 0.717) is 13.2 Å². The molecule has 0 aliphatic carbocycles. The predicted octanol–water partition coefficient (Wildman–Crippen LogP) is 4.54. The smallest absolute Gasteiger partial charge is 0.115 e. The van der Waals surface area contributed by atoms with Crippen LogP contribution in [0.2, 0.25) is 0 Å². The van der Waals surface area contributed by atoms with E-state index in [0.717, 1.165) is 17.5 Å². The molecule has 2 rings (SSSR count). The minimum absolute atomic E-state index is 0.102. The van der Waals surface area contributed by atoms with E-state index in [9.17, 15) is 10.2 Å². The highest BCUT2D eigenvalue weighted by molar-refractivity contribution is 5.50. The van der Waals surface area contributed by atoms with Crippen LogP contribution in [0.5, 0.6) is 11.5 Å². The minimum atomic E-state index is -0.102. The maximum Gasteiger partial charge on any atom is 0.115 e. The molecule has 0 aliphatic rings. The summed E-state index contributed by atoms with van der Waals surface area (Å²) >= 11 is 0. The van der Waals surface area contributed by atoms with Crippen LogP contribution in [0, 0.1) is 5.92 Å². The zero-order valence-corrected chi connectivity index (χ0v) is 14.8. The molecule has 0 spiro atoms. The summed E-state index contributed by atoms with van der Waals surface area (Å²) in [5, 5.41) is 18.8. The van der Waals surface area contributed by atoms with E-state index in [1.165, 1.54) is 0 Å². The zero-order valence-electron chi connectivity index (χ0n) is 14.8. The maximum atomic E-state index is 9.50. The molecule has 134 valence electrons. The van der Waals surface area contributed by atoms with Gasteiger partial charge in [-0.2, -0.15) is 0 Å². The summed E-state index contributed by atoms with van der Waals surface area (Å²) in [4.78, 5) is 0. The summed E-state index contributed by atoms with van der Waals surface area (Å²) in [6.07, 6.45) is 4.82. The van der Waals surface area contributed by atoms with Crippen molar-refractivity contribution < 1.29 is 19.7 Å². The first kappa shape index (κ1) is 19.0. The Balaban J connectivity index is 2.12. The number of ether oxygens (including phenoxy) is 2. The highest BCUT2D eigenvalue weighted by Gasteiger charge is 2.23. The van der Waals surface area contributed by atoms with Crippen LogP contribution >= 0.6 is 0 Å². The molecule has 0 aliphatic heterocycles. The van der Waals surface area contributed by atoms with Crippen molar-refractivity contribution in [3.8, 4) is 11.5 Å². The molecule has 4 heteroatoms. The van der Waals surface area contributed by atoms with E-state index in [-0.39, 0.29) is 23.5 Å². The number of phenols is 2. The SMILES string of the molecule is CCOC(c1ccc(O)cc1)C(C/C=C/c1ccc(O)cc1)COC. The highest BCUT2D eigenvalue weighted by atomic mass is 16.5. The molecule has 0 aromatic heterocycles. The number of aromatic hydroxyl groups is 2. The van der Waals surface area contributed by atoms with Crippen molar-refractivity contribution in [2.45, 2.75) is 19.4 Å². The second kappa shape index (κ2) is 9.87. The fourth-order valence-corrected chi connectivity index (χ4v) is 2.81. The van der Waals surface area contributed by atoms with Crippen molar-refractivity contribution in [3.05, 3.63) is 65.7 Å². The first-order valence-electron chi connectivity index (χ1n) is 8.49. The monoisotopic (exact) mass is 342 g/mol. The third-order valence-corrected chi connectivity index (χ3v) is 4.02. The molecule has 0 fully saturated rings. The van der Waals surface area contributed by atoms with Gasteiger partial charge in [0.25, 0.3) is 0 Å². The molecule has 25 heavy (non-hydrogen) atoms. The van der Waals surface area contributed by atoms with E-state index in [1.807, 2.05) is 37.3 Å². The molecule has 0 saturated carbocycles. The average molecular weight is 342 g/mol. The van der Waals surface area contributed by atoms with E-state index in [2.05, 4.69) is 6.08 Å². The highest BCUT2D eigenvalue weighted by Crippen LogP contribution is 2.30. The molecule has 2 unspecified atom stereocenters. The van der Waals surface area contributed by atoms with Crippen LogP contribution in [0.3, 0.4) is 0 Å². The van der Waals surface area contributed by atoms with Gasteiger partial charge in [-0.3, -0.25) is 0 Å². The van der Waals surface area contributed by atoms with E-state index >= 15 is 0 Å². The number of hydrogen-bond acceptors (Lipinski definition) is 4. The Labute approximate surface area is 149 Å². The predicted molar refractivity (Wildman–Crippen MR) is 99.6 cm³/mol. The zero-order chi connectivity index (χ0) is 18.1. The van der Waals surface area contributed by atoms with Gasteiger partial charge in [-0.1, -0.05) is 36.4 Å². The lowest BCUT2D eigenvalue weighted by molar-refractivity contribution is -0.00937. The van der Waals surface area contributed by atoms with Crippen molar-refractivity contribution in [3.63, 3.8) is 0 Å². The third-order valence-electron chi connectivity index (χ3n) is 4.02. The Hall–Kier alpha value is -2.30. The van der Waals surface area contributed by atoms with Gasteiger partial charge in [0.15, 0.2) is 0 Å². The van der Waals surface area contributed by atoms with Crippen molar-refractivity contribution in [1.29, 1.82) is 0 Å². The number of methoxy groups -OCH3 is 1. The molecule has 0 saturated heterocycles. The van der Waals surface area contributed by atoms with Gasteiger partial charge in [0, 0.05) is 19.6 Å². The third kappa shape index (κ3) is 5.93. The summed E-state index contributed by atoms with van der Waals surface area (Å²) in [6.45, 7) is 3.16. The summed E-state index contributed by atoms with van der Waals surface area (Å²) in [7, 11) is 1.69. The molecule has 0 bridgehead atoms. The van der Waals surface area contributed by atoms with Crippen LogP contribution in [-0.2, 0) is 9.47 Å². The molecule has 2 aromatic carbocycles. The van der Waals surface area contributed by atoms with Gasteiger partial charge >= 0.3 is 0 Å². The van der Waals surface area contributed by atoms with E-state index < -0.39 is 0 Å². The molecular formula is C21H26O4.